The van der Waals surface area contributed by atoms with Crippen LogP contribution in [-0.4, -0.2) is 27.7 Å². The molecule has 0 aliphatic rings. The summed E-state index contributed by atoms with van der Waals surface area (Å²) in [5.74, 6) is -0.923. The van der Waals surface area contributed by atoms with Crippen molar-refractivity contribution in [3.63, 3.8) is 0 Å². The van der Waals surface area contributed by atoms with E-state index in [1.807, 2.05) is 0 Å². The third kappa shape index (κ3) is 2.56. The van der Waals surface area contributed by atoms with Crippen LogP contribution in [0.5, 0.6) is 6.01 Å². The van der Waals surface area contributed by atoms with Gasteiger partial charge in [0, 0.05) is 17.3 Å². The largest absolute Gasteiger partial charge is 0.475 e. The van der Waals surface area contributed by atoms with Crippen LogP contribution >= 0.6 is 0 Å². The molecule has 7 heteroatoms. The zero-order valence-electron chi connectivity index (χ0n) is 11.3. The van der Waals surface area contributed by atoms with E-state index in [2.05, 4.69) is 4.98 Å². The van der Waals surface area contributed by atoms with E-state index in [1.54, 1.807) is 19.9 Å². The number of ether oxygens (including phenoxy) is 1. The molecule has 0 unspecified atom stereocenters. The van der Waals surface area contributed by atoms with Crippen molar-refractivity contribution in [3.05, 3.63) is 45.3 Å². The Labute approximate surface area is 114 Å². The van der Waals surface area contributed by atoms with Gasteiger partial charge in [0.1, 0.15) is 5.76 Å². The number of nitrogens with zero attached hydrogens (tertiary/aromatic N) is 2. The predicted octanol–water partition coefficient (Wildman–Crippen LogP) is 1.21. The highest BCUT2D eigenvalue weighted by atomic mass is 16.5. The number of rotatable bonds is 4. The molecule has 0 bridgehead atoms. The van der Waals surface area contributed by atoms with Crippen LogP contribution < -0.4 is 10.3 Å². The van der Waals surface area contributed by atoms with E-state index in [4.69, 9.17) is 14.3 Å². The van der Waals surface area contributed by atoms with Crippen molar-refractivity contribution >= 4 is 5.97 Å². The first-order valence-electron chi connectivity index (χ1n) is 5.87. The van der Waals surface area contributed by atoms with Crippen LogP contribution in [-0.2, 0) is 6.54 Å². The average Bonchev–Trinajstić information content (AvgIpc) is 2.73. The molecule has 1 N–H and O–H groups in total. The van der Waals surface area contributed by atoms with Gasteiger partial charge in [-0.25, -0.2) is 9.78 Å². The molecule has 0 saturated carbocycles. The zero-order valence-corrected chi connectivity index (χ0v) is 11.3. The minimum Gasteiger partial charge on any atom is -0.475 e. The highest BCUT2D eigenvalue weighted by Crippen LogP contribution is 2.17. The maximum absolute atomic E-state index is 11.9. The molecule has 0 aromatic carbocycles. The number of furan rings is 1. The van der Waals surface area contributed by atoms with Gasteiger partial charge in [-0.05, 0) is 19.9 Å². The van der Waals surface area contributed by atoms with Gasteiger partial charge in [0.05, 0.1) is 13.7 Å². The van der Waals surface area contributed by atoms with Crippen LogP contribution in [0.1, 0.15) is 27.6 Å². The summed E-state index contributed by atoms with van der Waals surface area (Å²) in [7, 11) is 1.41. The fourth-order valence-corrected chi connectivity index (χ4v) is 1.89. The summed E-state index contributed by atoms with van der Waals surface area (Å²) in [5, 5.41) is 8.94. The van der Waals surface area contributed by atoms with Gasteiger partial charge in [-0.1, -0.05) is 0 Å². The molecule has 2 heterocycles. The number of carbonyl (C=O) groups is 1. The third-order valence-electron chi connectivity index (χ3n) is 2.76. The van der Waals surface area contributed by atoms with Gasteiger partial charge in [-0.3, -0.25) is 9.36 Å². The Morgan fingerprint density at radius 1 is 1.45 bits per heavy atom. The van der Waals surface area contributed by atoms with Gasteiger partial charge >= 0.3 is 5.97 Å². The van der Waals surface area contributed by atoms with Crippen molar-refractivity contribution in [3.8, 4) is 6.01 Å². The molecule has 2 aromatic rings. The summed E-state index contributed by atoms with van der Waals surface area (Å²) in [4.78, 5) is 27.0. The van der Waals surface area contributed by atoms with Gasteiger partial charge in [0.15, 0.2) is 0 Å². The molecular formula is C13H14N2O5. The first kappa shape index (κ1) is 13.9. The minimum atomic E-state index is -1.14. The lowest BCUT2D eigenvalue weighted by Crippen LogP contribution is -2.23. The Balaban J connectivity index is 2.42. The number of aromatic carboxylic acids is 1. The normalized spacial score (nSPS) is 10.6. The molecule has 0 radical (unpaired) electrons. The van der Waals surface area contributed by atoms with Crippen molar-refractivity contribution < 1.29 is 19.1 Å². The zero-order chi connectivity index (χ0) is 14.9. The Morgan fingerprint density at radius 3 is 2.70 bits per heavy atom. The van der Waals surface area contributed by atoms with Crippen molar-refractivity contribution in [1.29, 1.82) is 0 Å². The smallest absolute Gasteiger partial charge is 0.372 e. The average molecular weight is 278 g/mol. The second-order valence-corrected chi connectivity index (χ2v) is 4.34. The maximum Gasteiger partial charge on any atom is 0.372 e. The van der Waals surface area contributed by atoms with Crippen LogP contribution in [0.25, 0.3) is 0 Å². The van der Waals surface area contributed by atoms with Crippen molar-refractivity contribution in [1.82, 2.24) is 9.55 Å². The molecular weight excluding hydrogens is 264 g/mol. The molecule has 7 nitrogen and oxygen atoms in total. The lowest BCUT2D eigenvalue weighted by Gasteiger charge is -2.09. The molecule has 0 aliphatic heterocycles. The van der Waals surface area contributed by atoms with E-state index in [-0.39, 0.29) is 23.9 Å². The van der Waals surface area contributed by atoms with E-state index >= 15 is 0 Å². The first-order chi connectivity index (χ1) is 9.42. The van der Waals surface area contributed by atoms with Crippen LogP contribution in [0.15, 0.2) is 21.3 Å². The van der Waals surface area contributed by atoms with Gasteiger partial charge in [0.25, 0.3) is 11.6 Å². The van der Waals surface area contributed by atoms with E-state index in [0.29, 0.717) is 17.0 Å². The standard InChI is InChI=1S/C13H14N2O5/c1-7-4-9(20-11(7)12(17)18)6-15-10(16)5-8(2)14-13(15)19-3/h4-5H,6H2,1-3H3,(H,17,18). The fraction of sp³-hybridized carbons (Fsp3) is 0.308. The number of aromatic nitrogens is 2. The molecule has 20 heavy (non-hydrogen) atoms. The summed E-state index contributed by atoms with van der Waals surface area (Å²) in [6.07, 6.45) is 0. The van der Waals surface area contributed by atoms with Gasteiger partial charge in [-0.15, -0.1) is 0 Å². The first-order valence-corrected chi connectivity index (χ1v) is 5.87. The van der Waals surface area contributed by atoms with Crippen molar-refractivity contribution in [2.24, 2.45) is 0 Å². The lowest BCUT2D eigenvalue weighted by molar-refractivity contribution is 0.0659. The van der Waals surface area contributed by atoms with E-state index in [0.717, 1.165) is 0 Å². The number of carboxylic acid groups (broad SMARTS) is 1. The molecule has 0 amide bonds. The van der Waals surface area contributed by atoms with Crippen LogP contribution in [0.4, 0.5) is 0 Å². The monoisotopic (exact) mass is 278 g/mol. The van der Waals surface area contributed by atoms with Gasteiger partial charge < -0.3 is 14.3 Å². The number of methoxy groups -OCH3 is 1. The Kier molecular flexibility index (Phi) is 3.60. The molecule has 2 aromatic heterocycles. The summed E-state index contributed by atoms with van der Waals surface area (Å²) < 4.78 is 11.6. The highest BCUT2D eigenvalue weighted by Gasteiger charge is 2.16. The van der Waals surface area contributed by atoms with Crippen LogP contribution in [0, 0.1) is 13.8 Å². The summed E-state index contributed by atoms with van der Waals surface area (Å²) in [5.41, 5.74) is 0.754. The van der Waals surface area contributed by atoms with Gasteiger partial charge in [-0.2, -0.15) is 0 Å². The Hall–Kier alpha value is -2.57. The summed E-state index contributed by atoms with van der Waals surface area (Å²) in [6.45, 7) is 3.38. The second-order valence-electron chi connectivity index (χ2n) is 4.34. The molecule has 0 atom stereocenters. The molecule has 0 spiro atoms. The van der Waals surface area contributed by atoms with Crippen molar-refractivity contribution in [2.45, 2.75) is 20.4 Å². The SMILES string of the molecule is COc1nc(C)cc(=O)n1Cc1cc(C)c(C(=O)O)o1. The quantitative estimate of drug-likeness (QED) is 0.903. The second kappa shape index (κ2) is 5.20. The Morgan fingerprint density at radius 2 is 2.15 bits per heavy atom. The number of aryl methyl sites for hydroxylation is 2. The van der Waals surface area contributed by atoms with Gasteiger partial charge in [0.2, 0.25) is 5.76 Å². The Bertz CT molecular complexity index is 714. The van der Waals surface area contributed by atoms with Crippen LogP contribution in [0.2, 0.25) is 0 Å². The maximum atomic E-state index is 11.9. The number of hydrogen-bond acceptors (Lipinski definition) is 5. The van der Waals surface area contributed by atoms with E-state index in [9.17, 15) is 9.59 Å². The minimum absolute atomic E-state index is 0.0589. The number of carboxylic acids is 1. The topological polar surface area (TPSA) is 94.6 Å². The fourth-order valence-electron chi connectivity index (χ4n) is 1.89. The lowest BCUT2D eigenvalue weighted by atomic mass is 10.2. The summed E-state index contributed by atoms with van der Waals surface area (Å²) in [6, 6.07) is 3.10. The molecule has 0 saturated heterocycles. The molecule has 2 rings (SSSR count). The summed E-state index contributed by atoms with van der Waals surface area (Å²) >= 11 is 0. The third-order valence-corrected chi connectivity index (χ3v) is 2.76. The molecule has 0 aliphatic carbocycles. The number of hydrogen-bond donors (Lipinski definition) is 1. The molecule has 106 valence electrons. The van der Waals surface area contributed by atoms with E-state index < -0.39 is 5.97 Å². The highest BCUT2D eigenvalue weighted by molar-refractivity contribution is 5.86. The van der Waals surface area contributed by atoms with Crippen molar-refractivity contribution in [2.75, 3.05) is 7.11 Å². The van der Waals surface area contributed by atoms with Crippen LogP contribution in [0.3, 0.4) is 0 Å². The molecule has 0 fully saturated rings. The van der Waals surface area contributed by atoms with E-state index in [1.165, 1.54) is 17.7 Å². The predicted molar refractivity (Wildman–Crippen MR) is 69.3 cm³/mol.